The molecule has 0 atom stereocenters. The highest BCUT2D eigenvalue weighted by Gasteiger charge is 2.14. The maximum Gasteiger partial charge on any atom is 0.371 e. The van der Waals surface area contributed by atoms with Gasteiger partial charge in [0.2, 0.25) is 5.76 Å². The molecule has 24 heavy (non-hydrogen) atoms. The quantitative estimate of drug-likeness (QED) is 0.848. The van der Waals surface area contributed by atoms with E-state index in [2.05, 4.69) is 5.32 Å². The van der Waals surface area contributed by atoms with E-state index in [0.717, 1.165) is 11.1 Å². The first-order valence-electron chi connectivity index (χ1n) is 7.58. The average Bonchev–Trinajstić information content (AvgIpc) is 3.01. The summed E-state index contributed by atoms with van der Waals surface area (Å²) in [5, 5.41) is 11.5. The highest BCUT2D eigenvalue weighted by molar-refractivity contribution is 5.93. The molecule has 6 heteroatoms. The molecular formula is C18H21NO5. The van der Waals surface area contributed by atoms with Gasteiger partial charge in [0.15, 0.2) is 5.76 Å². The highest BCUT2D eigenvalue weighted by Crippen LogP contribution is 2.13. The van der Waals surface area contributed by atoms with Crippen molar-refractivity contribution < 1.29 is 23.8 Å². The lowest BCUT2D eigenvalue weighted by Gasteiger charge is -2.19. The Morgan fingerprint density at radius 2 is 1.79 bits per heavy atom. The molecule has 1 aromatic heterocycles. The second-order valence-electron chi connectivity index (χ2n) is 6.37. The molecule has 128 valence electrons. The molecule has 0 saturated carbocycles. The van der Waals surface area contributed by atoms with E-state index in [9.17, 15) is 9.59 Å². The molecule has 0 radical (unpaired) electrons. The molecule has 2 aromatic rings. The molecule has 1 amide bonds. The van der Waals surface area contributed by atoms with Crippen LogP contribution in [0.1, 0.15) is 53.0 Å². The Morgan fingerprint density at radius 3 is 2.42 bits per heavy atom. The molecule has 2 N–H and O–H groups in total. The van der Waals surface area contributed by atoms with Crippen molar-refractivity contribution >= 4 is 11.9 Å². The third kappa shape index (κ3) is 5.24. The van der Waals surface area contributed by atoms with Crippen molar-refractivity contribution in [3.63, 3.8) is 0 Å². The van der Waals surface area contributed by atoms with Gasteiger partial charge in [0.25, 0.3) is 5.91 Å². The number of furan rings is 1. The zero-order valence-electron chi connectivity index (χ0n) is 14.0. The number of hydrogen-bond acceptors (Lipinski definition) is 4. The van der Waals surface area contributed by atoms with Gasteiger partial charge in [0.05, 0.1) is 12.2 Å². The summed E-state index contributed by atoms with van der Waals surface area (Å²) in [6.07, 6.45) is 0. The van der Waals surface area contributed by atoms with Crippen molar-refractivity contribution in [1.82, 2.24) is 5.32 Å². The minimum Gasteiger partial charge on any atom is -0.475 e. The van der Waals surface area contributed by atoms with Crippen molar-refractivity contribution in [2.24, 2.45) is 0 Å². The third-order valence-electron chi connectivity index (χ3n) is 3.16. The summed E-state index contributed by atoms with van der Waals surface area (Å²) in [7, 11) is 0. The summed E-state index contributed by atoms with van der Waals surface area (Å²) >= 11 is 0. The maximum absolute atomic E-state index is 12.0. The van der Waals surface area contributed by atoms with Gasteiger partial charge in [-0.15, -0.1) is 0 Å². The van der Waals surface area contributed by atoms with Crippen LogP contribution >= 0.6 is 0 Å². The number of benzene rings is 1. The van der Waals surface area contributed by atoms with Crippen molar-refractivity contribution in [3.05, 3.63) is 59.0 Å². The van der Waals surface area contributed by atoms with Gasteiger partial charge in [-0.3, -0.25) is 4.79 Å². The number of carbonyl (C=O) groups is 2. The molecule has 2 rings (SSSR count). The van der Waals surface area contributed by atoms with Gasteiger partial charge >= 0.3 is 5.97 Å². The molecule has 0 bridgehead atoms. The number of amides is 1. The smallest absolute Gasteiger partial charge is 0.371 e. The van der Waals surface area contributed by atoms with Gasteiger partial charge in [0.1, 0.15) is 0 Å². The summed E-state index contributed by atoms with van der Waals surface area (Å²) in [4.78, 5) is 22.7. The van der Waals surface area contributed by atoms with E-state index in [1.165, 1.54) is 12.1 Å². The maximum atomic E-state index is 12.0. The van der Waals surface area contributed by atoms with Crippen LogP contribution in [-0.4, -0.2) is 22.6 Å². The summed E-state index contributed by atoms with van der Waals surface area (Å²) < 4.78 is 10.7. The standard InChI is InChI=1S/C18H21NO5/c1-18(2,3)23-11-13-6-4-5-12(9-13)10-19-16(20)14-7-8-15(24-14)17(21)22/h4-9H,10-11H2,1-3H3,(H,19,20)(H,21,22). The number of nitrogens with one attached hydrogen (secondary N) is 1. The first-order valence-corrected chi connectivity index (χ1v) is 7.58. The van der Waals surface area contributed by atoms with E-state index >= 15 is 0 Å². The van der Waals surface area contributed by atoms with Gasteiger partial charge in [-0.25, -0.2) is 4.79 Å². The number of carboxylic acid groups (broad SMARTS) is 1. The first kappa shape index (κ1) is 17.7. The topological polar surface area (TPSA) is 88.8 Å². The van der Waals surface area contributed by atoms with Crippen molar-refractivity contribution in [2.75, 3.05) is 0 Å². The van der Waals surface area contributed by atoms with Gasteiger partial charge in [-0.2, -0.15) is 0 Å². The van der Waals surface area contributed by atoms with E-state index < -0.39 is 11.9 Å². The van der Waals surface area contributed by atoms with Crippen LogP contribution in [0.25, 0.3) is 0 Å². The minimum atomic E-state index is -1.21. The van der Waals surface area contributed by atoms with Gasteiger partial charge < -0.3 is 19.6 Å². The molecule has 0 unspecified atom stereocenters. The zero-order chi connectivity index (χ0) is 17.7. The Labute approximate surface area is 140 Å². The van der Waals surface area contributed by atoms with Crippen LogP contribution in [0.4, 0.5) is 0 Å². The first-order chi connectivity index (χ1) is 11.2. The Bertz CT molecular complexity index is 727. The number of aromatic carboxylic acids is 1. The molecule has 0 fully saturated rings. The fourth-order valence-electron chi connectivity index (χ4n) is 1.97. The molecule has 0 aliphatic rings. The molecule has 0 aliphatic heterocycles. The van der Waals surface area contributed by atoms with E-state index in [0.29, 0.717) is 13.2 Å². The molecule has 0 spiro atoms. The van der Waals surface area contributed by atoms with Crippen LogP contribution in [-0.2, 0) is 17.9 Å². The van der Waals surface area contributed by atoms with Gasteiger partial charge in [0, 0.05) is 6.54 Å². The lowest BCUT2D eigenvalue weighted by atomic mass is 10.1. The Hall–Kier alpha value is -2.60. The summed E-state index contributed by atoms with van der Waals surface area (Å²) in [6.45, 7) is 6.78. The molecule has 1 heterocycles. The van der Waals surface area contributed by atoms with E-state index in [1.807, 2.05) is 45.0 Å². The molecule has 0 aliphatic carbocycles. The molecular weight excluding hydrogens is 310 g/mol. The lowest BCUT2D eigenvalue weighted by molar-refractivity contribution is -0.0149. The molecule has 6 nitrogen and oxygen atoms in total. The summed E-state index contributed by atoms with van der Waals surface area (Å²) in [5.74, 6) is -1.96. The van der Waals surface area contributed by atoms with Crippen LogP contribution in [0.5, 0.6) is 0 Å². The highest BCUT2D eigenvalue weighted by atomic mass is 16.5. The summed E-state index contributed by atoms with van der Waals surface area (Å²) in [6, 6.07) is 10.3. The lowest BCUT2D eigenvalue weighted by Crippen LogP contribution is -2.22. The van der Waals surface area contributed by atoms with E-state index in [-0.39, 0.29) is 17.1 Å². The van der Waals surface area contributed by atoms with Gasteiger partial charge in [-0.05, 0) is 44.0 Å². The second-order valence-corrected chi connectivity index (χ2v) is 6.37. The largest absolute Gasteiger partial charge is 0.475 e. The van der Waals surface area contributed by atoms with E-state index in [4.69, 9.17) is 14.3 Å². The number of ether oxygens (including phenoxy) is 1. The second kappa shape index (κ2) is 7.31. The van der Waals surface area contributed by atoms with Gasteiger partial charge in [-0.1, -0.05) is 24.3 Å². The van der Waals surface area contributed by atoms with E-state index in [1.54, 1.807) is 0 Å². The minimum absolute atomic E-state index is 0.0281. The van der Waals surface area contributed by atoms with Crippen molar-refractivity contribution in [3.8, 4) is 0 Å². The monoisotopic (exact) mass is 331 g/mol. The number of hydrogen-bond donors (Lipinski definition) is 2. The van der Waals surface area contributed by atoms with Crippen LogP contribution in [0, 0.1) is 0 Å². The number of carbonyl (C=O) groups excluding carboxylic acids is 1. The average molecular weight is 331 g/mol. The zero-order valence-corrected chi connectivity index (χ0v) is 14.0. The van der Waals surface area contributed by atoms with Crippen LogP contribution in [0.3, 0.4) is 0 Å². The predicted molar refractivity (Wildman–Crippen MR) is 87.8 cm³/mol. The van der Waals surface area contributed by atoms with Crippen LogP contribution in [0.2, 0.25) is 0 Å². The predicted octanol–water partition coefficient (Wildman–Crippen LogP) is 3.22. The summed E-state index contributed by atoms with van der Waals surface area (Å²) in [5.41, 5.74) is 1.72. The van der Waals surface area contributed by atoms with Crippen molar-refractivity contribution in [2.45, 2.75) is 39.5 Å². The normalized spacial score (nSPS) is 11.3. The Morgan fingerprint density at radius 1 is 1.12 bits per heavy atom. The SMILES string of the molecule is CC(C)(C)OCc1cccc(CNC(=O)c2ccc(C(=O)O)o2)c1. The molecule has 0 saturated heterocycles. The van der Waals surface area contributed by atoms with Crippen molar-refractivity contribution in [1.29, 1.82) is 0 Å². The Balaban J connectivity index is 1.93. The Kier molecular flexibility index (Phi) is 5.41. The van der Waals surface area contributed by atoms with Crippen LogP contribution < -0.4 is 5.32 Å². The number of rotatable bonds is 6. The fourth-order valence-corrected chi connectivity index (χ4v) is 1.97. The third-order valence-corrected chi connectivity index (χ3v) is 3.16. The van der Waals surface area contributed by atoms with Crippen LogP contribution in [0.15, 0.2) is 40.8 Å². The number of carboxylic acids is 1. The fraction of sp³-hybridized carbons (Fsp3) is 0.333. The molecule has 1 aromatic carbocycles.